The highest BCUT2D eigenvalue weighted by Gasteiger charge is 2.18. The fourth-order valence-electron chi connectivity index (χ4n) is 1.20. The average Bonchev–Trinajstić information content (AvgIpc) is 2.15. The number of aliphatic carboxylic acids is 1. The first-order chi connectivity index (χ1) is 7.00. The van der Waals surface area contributed by atoms with Gasteiger partial charge >= 0.3 is 5.97 Å². The van der Waals surface area contributed by atoms with Crippen LogP contribution < -0.4 is 5.32 Å². The summed E-state index contributed by atoms with van der Waals surface area (Å²) in [4.78, 5) is 22.2. The van der Waals surface area contributed by atoms with Crippen LogP contribution in [0.15, 0.2) is 22.6 Å². The normalized spacial score (nSPS) is 29.7. The molecule has 1 aliphatic heterocycles. The van der Waals surface area contributed by atoms with Crippen molar-refractivity contribution in [3.05, 3.63) is 22.6 Å². The Labute approximate surface area is 92.4 Å². The second-order valence-corrected chi connectivity index (χ2v) is 4.27. The average molecular weight is 227 g/mol. The van der Waals surface area contributed by atoms with Gasteiger partial charge in [-0.2, -0.15) is 0 Å². The van der Waals surface area contributed by atoms with Gasteiger partial charge in [0.25, 0.3) is 0 Å². The Morgan fingerprint density at radius 3 is 2.93 bits per heavy atom. The maximum Gasteiger partial charge on any atom is 0.334 e. The topological polar surface area (TPSA) is 66.4 Å². The lowest BCUT2D eigenvalue weighted by molar-refractivity contribution is -0.133. The summed E-state index contributed by atoms with van der Waals surface area (Å²) in [5.74, 6) is -0.596. The van der Waals surface area contributed by atoms with Gasteiger partial charge in [-0.15, -0.1) is 11.8 Å². The first-order valence-electron chi connectivity index (χ1n) is 4.53. The van der Waals surface area contributed by atoms with Crippen LogP contribution in [-0.2, 0) is 9.59 Å². The van der Waals surface area contributed by atoms with E-state index in [1.807, 2.05) is 6.92 Å². The lowest BCUT2D eigenvalue weighted by atomic mass is 10.1. The van der Waals surface area contributed by atoms with Gasteiger partial charge in [0, 0.05) is 11.8 Å². The van der Waals surface area contributed by atoms with Crippen LogP contribution in [-0.4, -0.2) is 28.8 Å². The molecule has 0 aliphatic carbocycles. The zero-order chi connectivity index (χ0) is 11.4. The summed E-state index contributed by atoms with van der Waals surface area (Å²) < 4.78 is 0. The van der Waals surface area contributed by atoms with Crippen molar-refractivity contribution in [3.8, 4) is 0 Å². The molecule has 1 aliphatic rings. The molecule has 1 heterocycles. The molecule has 0 radical (unpaired) electrons. The van der Waals surface area contributed by atoms with Crippen molar-refractivity contribution in [2.45, 2.75) is 19.9 Å². The first-order valence-corrected chi connectivity index (χ1v) is 5.58. The third-order valence-corrected chi connectivity index (χ3v) is 3.01. The summed E-state index contributed by atoms with van der Waals surface area (Å²) in [5, 5.41) is 13.1. The van der Waals surface area contributed by atoms with Crippen LogP contribution in [0, 0.1) is 0 Å². The Hall–Kier alpha value is -1.23. The molecular formula is C10H13NO3S. The summed E-state index contributed by atoms with van der Waals surface area (Å²) in [5.41, 5.74) is 1.14. The summed E-state index contributed by atoms with van der Waals surface area (Å²) in [6.07, 6.45) is 1.50. The molecule has 15 heavy (non-hydrogen) atoms. The van der Waals surface area contributed by atoms with Crippen molar-refractivity contribution in [2.24, 2.45) is 0 Å². The molecule has 0 spiro atoms. The van der Waals surface area contributed by atoms with E-state index < -0.39 is 12.0 Å². The van der Waals surface area contributed by atoms with Crippen molar-refractivity contribution in [2.75, 3.05) is 5.75 Å². The van der Waals surface area contributed by atoms with E-state index in [1.165, 1.54) is 17.8 Å². The quantitative estimate of drug-likeness (QED) is 0.705. The van der Waals surface area contributed by atoms with Crippen LogP contribution in [0.2, 0.25) is 0 Å². The fraction of sp³-hybridized carbons (Fsp3) is 0.400. The van der Waals surface area contributed by atoms with Gasteiger partial charge in [-0.3, -0.25) is 4.79 Å². The van der Waals surface area contributed by atoms with E-state index in [0.717, 1.165) is 5.57 Å². The molecule has 0 aromatic rings. The van der Waals surface area contributed by atoms with E-state index in [2.05, 4.69) is 5.32 Å². The molecule has 1 rings (SSSR count). The monoisotopic (exact) mass is 227 g/mol. The largest absolute Gasteiger partial charge is 0.478 e. The van der Waals surface area contributed by atoms with Gasteiger partial charge in [-0.1, -0.05) is 5.57 Å². The van der Waals surface area contributed by atoms with E-state index in [0.29, 0.717) is 5.75 Å². The zero-order valence-electron chi connectivity index (χ0n) is 8.61. The predicted octanol–water partition coefficient (Wildman–Crippen LogP) is 1.15. The number of rotatable bonds is 1. The van der Waals surface area contributed by atoms with E-state index >= 15 is 0 Å². The van der Waals surface area contributed by atoms with Gasteiger partial charge in [0.1, 0.15) is 0 Å². The van der Waals surface area contributed by atoms with Gasteiger partial charge in [0.2, 0.25) is 5.91 Å². The summed E-state index contributed by atoms with van der Waals surface area (Å²) in [7, 11) is 0. The maximum absolute atomic E-state index is 11.4. The standard InChI is InChI=1S/C10H13NO3S/c1-6-3-9(12)11-7(2)8(10(13)14)5-15-4-6/h3,5,7H,4H2,1-2H3,(H,11,12)(H,13,14)/b6-3-,8-5+. The third-order valence-electron chi connectivity index (χ3n) is 1.97. The smallest absolute Gasteiger partial charge is 0.334 e. The van der Waals surface area contributed by atoms with Crippen LogP contribution in [0.1, 0.15) is 13.8 Å². The second-order valence-electron chi connectivity index (χ2n) is 3.41. The minimum Gasteiger partial charge on any atom is -0.478 e. The van der Waals surface area contributed by atoms with Gasteiger partial charge in [-0.05, 0) is 19.3 Å². The van der Waals surface area contributed by atoms with Crippen molar-refractivity contribution >= 4 is 23.6 Å². The van der Waals surface area contributed by atoms with Gasteiger partial charge in [0.05, 0.1) is 11.6 Å². The lowest BCUT2D eigenvalue weighted by Crippen LogP contribution is -2.35. The van der Waals surface area contributed by atoms with Gasteiger partial charge < -0.3 is 10.4 Å². The van der Waals surface area contributed by atoms with Crippen molar-refractivity contribution in [1.82, 2.24) is 5.32 Å². The molecule has 0 bridgehead atoms. The number of carbonyl (C=O) groups excluding carboxylic acids is 1. The number of amides is 1. The SMILES string of the molecule is C/C1=C/C(=O)NC(C)/C(C(=O)O)=C\SC1. The molecule has 4 nitrogen and oxygen atoms in total. The van der Waals surface area contributed by atoms with Gasteiger partial charge in [0.15, 0.2) is 0 Å². The highest BCUT2D eigenvalue weighted by Crippen LogP contribution is 2.16. The number of carbonyl (C=O) groups is 2. The van der Waals surface area contributed by atoms with E-state index in [1.54, 1.807) is 12.3 Å². The first kappa shape index (κ1) is 11.8. The fourth-order valence-corrected chi connectivity index (χ4v) is 2.11. The molecule has 1 unspecified atom stereocenters. The van der Waals surface area contributed by atoms with Crippen molar-refractivity contribution < 1.29 is 14.7 Å². The Morgan fingerprint density at radius 2 is 2.33 bits per heavy atom. The highest BCUT2D eigenvalue weighted by molar-refractivity contribution is 8.02. The Kier molecular flexibility index (Phi) is 3.96. The number of hydrogen-bond acceptors (Lipinski definition) is 3. The van der Waals surface area contributed by atoms with Crippen LogP contribution in [0.5, 0.6) is 0 Å². The zero-order valence-corrected chi connectivity index (χ0v) is 9.43. The van der Waals surface area contributed by atoms with Crippen LogP contribution in [0.25, 0.3) is 0 Å². The van der Waals surface area contributed by atoms with E-state index in [-0.39, 0.29) is 11.5 Å². The van der Waals surface area contributed by atoms with Crippen LogP contribution in [0.3, 0.4) is 0 Å². The molecule has 5 heteroatoms. The molecule has 0 saturated heterocycles. The third kappa shape index (κ3) is 3.43. The Bertz CT molecular complexity index is 347. The maximum atomic E-state index is 11.4. The van der Waals surface area contributed by atoms with Crippen molar-refractivity contribution in [1.29, 1.82) is 0 Å². The van der Waals surface area contributed by atoms with Gasteiger partial charge in [-0.25, -0.2) is 4.79 Å². The molecule has 0 aromatic carbocycles. The summed E-state index contributed by atoms with van der Waals surface area (Å²) in [6, 6.07) is -0.468. The van der Waals surface area contributed by atoms with E-state index in [9.17, 15) is 9.59 Å². The molecule has 0 aromatic heterocycles. The minimum atomic E-state index is -0.991. The van der Waals surface area contributed by atoms with E-state index in [4.69, 9.17) is 5.11 Å². The predicted molar refractivity (Wildman–Crippen MR) is 59.5 cm³/mol. The number of nitrogens with one attached hydrogen (secondary N) is 1. The molecule has 0 saturated carbocycles. The Morgan fingerprint density at radius 1 is 1.67 bits per heavy atom. The lowest BCUT2D eigenvalue weighted by Gasteiger charge is -2.12. The highest BCUT2D eigenvalue weighted by atomic mass is 32.2. The van der Waals surface area contributed by atoms with Crippen LogP contribution in [0.4, 0.5) is 0 Å². The number of hydrogen-bond donors (Lipinski definition) is 2. The molecule has 82 valence electrons. The molecular weight excluding hydrogens is 214 g/mol. The molecule has 1 atom stereocenters. The van der Waals surface area contributed by atoms with Crippen LogP contribution >= 0.6 is 11.8 Å². The number of carboxylic acids is 1. The van der Waals surface area contributed by atoms with Crippen molar-refractivity contribution in [3.63, 3.8) is 0 Å². The number of carboxylic acid groups (broad SMARTS) is 1. The minimum absolute atomic E-state index is 0.219. The second kappa shape index (κ2) is 5.02. The molecule has 2 N–H and O–H groups in total. The Balaban J connectivity index is 2.92. The molecule has 0 fully saturated rings. The number of thioether (sulfide) groups is 1. The molecule has 1 amide bonds. The summed E-state index contributed by atoms with van der Waals surface area (Å²) >= 11 is 1.39. The summed E-state index contributed by atoms with van der Waals surface area (Å²) in [6.45, 7) is 3.50.